The molecule has 6 aromatic rings. The second-order valence-corrected chi connectivity index (χ2v) is 10.3. The number of fused-ring (bicyclic) bond motifs is 2. The van der Waals surface area contributed by atoms with E-state index in [2.05, 4.69) is 57.3 Å². The molecule has 9 heteroatoms. The molecule has 0 aliphatic carbocycles. The molecule has 41 heavy (non-hydrogen) atoms. The lowest BCUT2D eigenvalue weighted by atomic mass is 10.1. The summed E-state index contributed by atoms with van der Waals surface area (Å²) in [6.45, 7) is 1.92. The summed E-state index contributed by atoms with van der Waals surface area (Å²) in [6.07, 6.45) is 10.1. The van der Waals surface area contributed by atoms with Crippen LogP contribution in [0.1, 0.15) is 5.56 Å². The number of ether oxygens (including phenoxy) is 1. The number of aryl methyl sites for hydroxylation is 1. The van der Waals surface area contributed by atoms with Crippen molar-refractivity contribution in [2.75, 3.05) is 44.3 Å². The van der Waals surface area contributed by atoms with Crippen molar-refractivity contribution in [1.82, 2.24) is 18.8 Å². The molecule has 0 atom stereocenters. The van der Waals surface area contributed by atoms with Gasteiger partial charge in [0.2, 0.25) is 0 Å². The molecule has 0 saturated carbocycles. The number of aromatic nitrogens is 4. The Kier molecular flexibility index (Phi) is 8.74. The molecule has 4 aromatic heterocycles. The number of nitrogens with one attached hydrogen (secondary N) is 2. The molecular weight excluding hydrogens is 535 g/mol. The Bertz CT molecular complexity index is 1780. The number of alkyl halides is 1. The molecular formula is C32H33FN6OS. The van der Waals surface area contributed by atoms with E-state index in [1.54, 1.807) is 18.9 Å². The van der Waals surface area contributed by atoms with Crippen molar-refractivity contribution in [2.45, 2.75) is 11.8 Å². The Balaban J connectivity index is 0.000000166. The predicted octanol–water partition coefficient (Wildman–Crippen LogP) is 7.46. The summed E-state index contributed by atoms with van der Waals surface area (Å²) in [7, 11) is 3.58. The monoisotopic (exact) mass is 568 g/mol. The third-order valence-corrected chi connectivity index (χ3v) is 7.43. The van der Waals surface area contributed by atoms with Crippen molar-refractivity contribution in [3.05, 3.63) is 97.1 Å². The largest absolute Gasteiger partial charge is 0.496 e. The number of pyridine rings is 2. The fourth-order valence-electron chi connectivity index (χ4n) is 4.46. The maximum atomic E-state index is 12.2. The number of hydrogen-bond donors (Lipinski definition) is 2. The number of rotatable bonds is 8. The average Bonchev–Trinajstić information content (AvgIpc) is 3.64. The zero-order valence-corrected chi connectivity index (χ0v) is 24.4. The number of benzene rings is 2. The van der Waals surface area contributed by atoms with Gasteiger partial charge in [-0.2, -0.15) is 0 Å². The van der Waals surface area contributed by atoms with E-state index in [1.807, 2.05) is 83.8 Å². The van der Waals surface area contributed by atoms with Gasteiger partial charge in [0.15, 0.2) is 0 Å². The molecule has 7 nitrogen and oxygen atoms in total. The molecule has 0 fully saturated rings. The SMILES string of the molecule is CNc1ccn2cc(-c3cccc(SC)c3)nc2c1.COc1cc(-c2cn3ccc(NCCF)cc3n2)ccc1C. The lowest BCUT2D eigenvalue weighted by molar-refractivity contribution is 0.412. The molecule has 0 aliphatic rings. The molecule has 0 aliphatic heterocycles. The average molecular weight is 569 g/mol. The van der Waals surface area contributed by atoms with Gasteiger partial charge in [-0.3, -0.25) is 0 Å². The van der Waals surface area contributed by atoms with E-state index in [4.69, 9.17) is 4.74 Å². The maximum absolute atomic E-state index is 12.2. The van der Waals surface area contributed by atoms with Gasteiger partial charge in [-0.1, -0.05) is 24.3 Å². The molecule has 4 heterocycles. The van der Waals surface area contributed by atoms with Gasteiger partial charge in [-0.05, 0) is 49.1 Å². The minimum absolute atomic E-state index is 0.304. The minimum atomic E-state index is -0.395. The molecule has 6 rings (SSSR count). The molecule has 0 spiro atoms. The summed E-state index contributed by atoms with van der Waals surface area (Å²) in [5.74, 6) is 0.847. The highest BCUT2D eigenvalue weighted by Crippen LogP contribution is 2.27. The van der Waals surface area contributed by atoms with Crippen molar-refractivity contribution < 1.29 is 9.13 Å². The van der Waals surface area contributed by atoms with E-state index >= 15 is 0 Å². The first-order chi connectivity index (χ1) is 20.0. The molecule has 0 unspecified atom stereocenters. The van der Waals surface area contributed by atoms with Gasteiger partial charge in [-0.25, -0.2) is 14.4 Å². The first kappa shape index (κ1) is 28.0. The molecule has 210 valence electrons. The lowest BCUT2D eigenvalue weighted by Crippen LogP contribution is -2.02. The second-order valence-electron chi connectivity index (χ2n) is 9.40. The topological polar surface area (TPSA) is 67.9 Å². The minimum Gasteiger partial charge on any atom is -0.496 e. The third-order valence-electron chi connectivity index (χ3n) is 6.70. The van der Waals surface area contributed by atoms with Crippen LogP contribution in [0.3, 0.4) is 0 Å². The quantitative estimate of drug-likeness (QED) is 0.186. The van der Waals surface area contributed by atoms with Gasteiger partial charge < -0.3 is 24.2 Å². The smallest absolute Gasteiger partial charge is 0.139 e. The van der Waals surface area contributed by atoms with E-state index in [0.29, 0.717) is 6.54 Å². The second kappa shape index (κ2) is 12.8. The fourth-order valence-corrected chi connectivity index (χ4v) is 4.92. The predicted molar refractivity (Wildman–Crippen MR) is 168 cm³/mol. The van der Waals surface area contributed by atoms with Crippen molar-refractivity contribution in [1.29, 1.82) is 0 Å². The fraction of sp³-hybridized carbons (Fsp3) is 0.188. The van der Waals surface area contributed by atoms with Crippen LogP contribution in [-0.4, -0.2) is 52.4 Å². The Labute approximate surface area is 243 Å². The van der Waals surface area contributed by atoms with Crippen molar-refractivity contribution >= 4 is 34.4 Å². The standard InChI is InChI=1S/C17H18FN3O.C15H15N3S/c1-12-3-4-13(9-16(12)22-2)15-11-21-8-5-14(19-7-6-18)10-17(21)20-15;1-16-12-6-7-18-10-14(17-15(18)9-12)11-4-3-5-13(8-11)19-2/h3-5,8-11,19H,6-7H2,1-2H3;3-10,16H,1-2H3. The summed E-state index contributed by atoms with van der Waals surface area (Å²) in [4.78, 5) is 10.6. The van der Waals surface area contributed by atoms with E-state index in [9.17, 15) is 4.39 Å². The highest BCUT2D eigenvalue weighted by atomic mass is 32.2. The van der Waals surface area contributed by atoms with Gasteiger partial charge in [0.25, 0.3) is 0 Å². The molecule has 2 aromatic carbocycles. The number of anilines is 2. The van der Waals surface area contributed by atoms with Gasteiger partial charge in [0.05, 0.1) is 18.5 Å². The zero-order valence-electron chi connectivity index (χ0n) is 23.6. The van der Waals surface area contributed by atoms with Crippen LogP contribution >= 0.6 is 11.8 Å². The number of thioether (sulfide) groups is 1. The van der Waals surface area contributed by atoms with E-state index in [1.165, 1.54) is 4.90 Å². The van der Waals surface area contributed by atoms with Crippen LogP contribution in [-0.2, 0) is 0 Å². The molecule has 0 bridgehead atoms. The normalized spacial score (nSPS) is 10.9. The number of nitrogens with zero attached hydrogens (tertiary/aromatic N) is 4. The van der Waals surface area contributed by atoms with Crippen molar-refractivity contribution in [2.24, 2.45) is 0 Å². The van der Waals surface area contributed by atoms with Crippen LogP contribution in [0.25, 0.3) is 33.8 Å². The Morgan fingerprint density at radius 2 is 1.51 bits per heavy atom. The van der Waals surface area contributed by atoms with Crippen molar-refractivity contribution in [3.8, 4) is 28.3 Å². The number of halogens is 1. The van der Waals surface area contributed by atoms with Crippen LogP contribution in [0.2, 0.25) is 0 Å². The molecule has 0 radical (unpaired) electrons. The highest BCUT2D eigenvalue weighted by molar-refractivity contribution is 7.98. The molecule has 0 amide bonds. The van der Waals surface area contributed by atoms with E-state index in [0.717, 1.165) is 56.5 Å². The summed E-state index contributed by atoms with van der Waals surface area (Å²) < 4.78 is 21.6. The van der Waals surface area contributed by atoms with Gasteiger partial charge in [0.1, 0.15) is 23.7 Å². The zero-order chi connectivity index (χ0) is 28.8. The van der Waals surface area contributed by atoms with Gasteiger partial charge in [-0.15, -0.1) is 11.8 Å². The Hall–Kier alpha value is -4.50. The highest BCUT2D eigenvalue weighted by Gasteiger charge is 2.08. The summed E-state index contributed by atoms with van der Waals surface area (Å²) >= 11 is 1.75. The number of hydrogen-bond acceptors (Lipinski definition) is 6. The van der Waals surface area contributed by atoms with E-state index < -0.39 is 6.67 Å². The van der Waals surface area contributed by atoms with Crippen LogP contribution in [0, 0.1) is 6.92 Å². The molecule has 0 saturated heterocycles. The summed E-state index contributed by atoms with van der Waals surface area (Å²) in [6, 6.07) is 22.4. The first-order valence-corrected chi connectivity index (χ1v) is 14.5. The van der Waals surface area contributed by atoms with Crippen LogP contribution in [0.15, 0.2) is 96.4 Å². The summed E-state index contributed by atoms with van der Waals surface area (Å²) in [5.41, 5.74) is 8.84. The van der Waals surface area contributed by atoms with Gasteiger partial charge >= 0.3 is 0 Å². The Morgan fingerprint density at radius 3 is 2.15 bits per heavy atom. The molecule has 2 N–H and O–H groups in total. The maximum Gasteiger partial charge on any atom is 0.139 e. The third kappa shape index (κ3) is 6.47. The Morgan fingerprint density at radius 1 is 0.854 bits per heavy atom. The number of methoxy groups -OCH3 is 1. The van der Waals surface area contributed by atoms with E-state index in [-0.39, 0.29) is 0 Å². The van der Waals surface area contributed by atoms with Crippen LogP contribution < -0.4 is 15.4 Å². The number of imidazole rings is 2. The first-order valence-electron chi connectivity index (χ1n) is 13.3. The summed E-state index contributed by atoms with van der Waals surface area (Å²) in [5, 5.41) is 6.14. The van der Waals surface area contributed by atoms with Crippen LogP contribution in [0.4, 0.5) is 15.8 Å². The lowest BCUT2D eigenvalue weighted by Gasteiger charge is -2.05. The van der Waals surface area contributed by atoms with Gasteiger partial charge in [0, 0.05) is 77.9 Å². The van der Waals surface area contributed by atoms with Crippen LogP contribution in [0.5, 0.6) is 5.75 Å². The van der Waals surface area contributed by atoms with Crippen molar-refractivity contribution in [3.63, 3.8) is 0 Å².